The van der Waals surface area contributed by atoms with Crippen molar-refractivity contribution in [2.75, 3.05) is 0 Å². The molecule has 0 amide bonds. The summed E-state index contributed by atoms with van der Waals surface area (Å²) >= 11 is 0. The van der Waals surface area contributed by atoms with Gasteiger partial charge >= 0.3 is 0 Å². The molecule has 2 rings (SSSR count). The van der Waals surface area contributed by atoms with E-state index >= 15 is 0 Å². The van der Waals surface area contributed by atoms with Crippen LogP contribution in [0.25, 0.3) is 0 Å². The van der Waals surface area contributed by atoms with Gasteiger partial charge in [-0.25, -0.2) is 0 Å². The molecule has 0 aliphatic carbocycles. The lowest BCUT2D eigenvalue weighted by Gasteiger charge is -2.35. The average Bonchev–Trinajstić information content (AvgIpc) is 2.17. The Balaban J connectivity index is 2.21. The van der Waals surface area contributed by atoms with Crippen molar-refractivity contribution < 1.29 is 4.43 Å². The zero-order chi connectivity index (χ0) is 10.9. The fourth-order valence-electron chi connectivity index (χ4n) is 2.38. The van der Waals surface area contributed by atoms with E-state index in [1.54, 1.807) is 0 Å². The molecule has 15 heavy (non-hydrogen) atoms. The maximum atomic E-state index is 6.28. The fourth-order valence-corrected chi connectivity index (χ4v) is 4.57. The van der Waals surface area contributed by atoms with Crippen LogP contribution in [0.1, 0.15) is 30.1 Å². The lowest BCUT2D eigenvalue weighted by Crippen LogP contribution is -2.35. The summed E-state index contributed by atoms with van der Waals surface area (Å²) < 4.78 is 6.28. The Morgan fingerprint density at radius 2 is 2.00 bits per heavy atom. The topological polar surface area (TPSA) is 9.23 Å². The second-order valence-corrected chi connectivity index (χ2v) is 9.37. The number of hydrogen-bond acceptors (Lipinski definition) is 1. The van der Waals surface area contributed by atoms with Crippen molar-refractivity contribution in [3.63, 3.8) is 0 Å². The van der Waals surface area contributed by atoms with Crippen LogP contribution in [-0.2, 0) is 4.43 Å². The largest absolute Gasteiger partial charge is 0.410 e. The van der Waals surface area contributed by atoms with Crippen LogP contribution < -0.4 is 0 Å². The van der Waals surface area contributed by atoms with Crippen molar-refractivity contribution in [1.82, 2.24) is 0 Å². The minimum Gasteiger partial charge on any atom is -0.410 e. The third-order valence-electron chi connectivity index (χ3n) is 3.24. The van der Waals surface area contributed by atoms with Gasteiger partial charge in [-0.05, 0) is 43.6 Å². The van der Waals surface area contributed by atoms with Gasteiger partial charge in [-0.2, -0.15) is 0 Å². The highest BCUT2D eigenvalue weighted by Gasteiger charge is 2.31. The van der Waals surface area contributed by atoms with Gasteiger partial charge in [-0.3, -0.25) is 0 Å². The molecule has 1 saturated heterocycles. The van der Waals surface area contributed by atoms with Crippen LogP contribution in [0.3, 0.4) is 0 Å². The van der Waals surface area contributed by atoms with Gasteiger partial charge in [0.15, 0.2) is 8.32 Å². The van der Waals surface area contributed by atoms with E-state index in [0.717, 1.165) is 0 Å². The average molecular weight is 220 g/mol. The van der Waals surface area contributed by atoms with E-state index in [2.05, 4.69) is 44.3 Å². The molecule has 1 atom stereocenters. The monoisotopic (exact) mass is 220 g/mol. The smallest absolute Gasteiger partial charge is 0.187 e. The first-order chi connectivity index (χ1) is 7.08. The molecule has 1 aliphatic rings. The Labute approximate surface area is 93.6 Å². The molecule has 1 fully saturated rings. The summed E-state index contributed by atoms with van der Waals surface area (Å²) in [5.74, 6) is 0. The van der Waals surface area contributed by atoms with Crippen LogP contribution in [0.2, 0.25) is 19.1 Å². The highest BCUT2D eigenvalue weighted by Crippen LogP contribution is 2.36. The summed E-state index contributed by atoms with van der Waals surface area (Å²) in [6.45, 7) is 6.84. The van der Waals surface area contributed by atoms with Crippen LogP contribution in [0.4, 0.5) is 0 Å². The third kappa shape index (κ3) is 2.50. The van der Waals surface area contributed by atoms with Crippen molar-refractivity contribution in [3.05, 3.63) is 35.4 Å². The minimum atomic E-state index is -1.36. The first kappa shape index (κ1) is 10.9. The van der Waals surface area contributed by atoms with Crippen molar-refractivity contribution in [2.24, 2.45) is 0 Å². The molecule has 2 heteroatoms. The number of aryl methyl sites for hydroxylation is 1. The Kier molecular flexibility index (Phi) is 2.98. The van der Waals surface area contributed by atoms with Crippen LogP contribution in [0.5, 0.6) is 0 Å². The minimum absolute atomic E-state index is 0.363. The van der Waals surface area contributed by atoms with E-state index in [1.807, 2.05) is 0 Å². The highest BCUT2D eigenvalue weighted by molar-refractivity contribution is 6.71. The predicted octanol–water partition coefficient (Wildman–Crippen LogP) is 4.05. The van der Waals surface area contributed by atoms with Crippen LogP contribution in [-0.4, -0.2) is 8.32 Å². The van der Waals surface area contributed by atoms with Gasteiger partial charge in [0.1, 0.15) is 0 Å². The second-order valence-electron chi connectivity index (χ2n) is 5.12. The molecule has 0 bridgehead atoms. The first-order valence-corrected chi connectivity index (χ1v) is 8.93. The third-order valence-corrected chi connectivity index (χ3v) is 5.72. The fraction of sp³-hybridized carbons (Fsp3) is 0.538. The summed E-state index contributed by atoms with van der Waals surface area (Å²) in [5.41, 5.74) is 2.77. The molecule has 0 spiro atoms. The van der Waals surface area contributed by atoms with Gasteiger partial charge in [0, 0.05) is 0 Å². The summed E-state index contributed by atoms with van der Waals surface area (Å²) in [4.78, 5) is 0. The van der Waals surface area contributed by atoms with Crippen molar-refractivity contribution in [2.45, 2.75) is 45.0 Å². The predicted molar refractivity (Wildman–Crippen MR) is 66.5 cm³/mol. The van der Waals surface area contributed by atoms with E-state index in [9.17, 15) is 0 Å². The summed E-state index contributed by atoms with van der Waals surface area (Å²) in [6.07, 6.45) is 2.89. The zero-order valence-electron chi connectivity index (χ0n) is 9.92. The van der Waals surface area contributed by atoms with Crippen LogP contribution in [0.15, 0.2) is 24.3 Å². The molecule has 82 valence electrons. The number of hydrogen-bond donors (Lipinski definition) is 0. The maximum Gasteiger partial charge on any atom is 0.187 e. The molecule has 0 aromatic heterocycles. The van der Waals surface area contributed by atoms with E-state index in [0.29, 0.717) is 6.10 Å². The van der Waals surface area contributed by atoms with Gasteiger partial charge in [0.2, 0.25) is 0 Å². The van der Waals surface area contributed by atoms with Gasteiger partial charge in [0.25, 0.3) is 0 Å². The maximum absolute atomic E-state index is 6.28. The molecule has 1 aromatic carbocycles. The number of benzene rings is 1. The van der Waals surface area contributed by atoms with E-state index in [1.165, 1.54) is 30.0 Å². The Morgan fingerprint density at radius 3 is 2.67 bits per heavy atom. The standard InChI is InChI=1S/C13H20OSi/c1-11-7-4-5-8-12(11)13-9-6-10-15(2,3)14-13/h4-5,7-8,13H,6,9-10H2,1-3H3. The molecule has 1 heterocycles. The zero-order valence-corrected chi connectivity index (χ0v) is 10.9. The van der Waals surface area contributed by atoms with Crippen LogP contribution >= 0.6 is 0 Å². The first-order valence-electron chi connectivity index (χ1n) is 5.82. The number of rotatable bonds is 1. The SMILES string of the molecule is Cc1ccccc1C1CCC[Si](C)(C)O1. The van der Waals surface area contributed by atoms with Crippen molar-refractivity contribution >= 4 is 8.32 Å². The van der Waals surface area contributed by atoms with Gasteiger partial charge in [0.05, 0.1) is 6.10 Å². The molecule has 1 aliphatic heterocycles. The molecule has 0 radical (unpaired) electrons. The molecule has 1 unspecified atom stereocenters. The quantitative estimate of drug-likeness (QED) is 0.649. The van der Waals surface area contributed by atoms with Crippen molar-refractivity contribution in [1.29, 1.82) is 0 Å². The molecule has 0 N–H and O–H groups in total. The Morgan fingerprint density at radius 1 is 1.27 bits per heavy atom. The molecule has 1 nitrogen and oxygen atoms in total. The lowest BCUT2D eigenvalue weighted by atomic mass is 10.0. The second kappa shape index (κ2) is 4.10. The highest BCUT2D eigenvalue weighted by atomic mass is 28.4. The van der Waals surface area contributed by atoms with E-state index in [4.69, 9.17) is 4.43 Å². The summed E-state index contributed by atoms with van der Waals surface area (Å²) in [6, 6.07) is 9.94. The van der Waals surface area contributed by atoms with Gasteiger partial charge in [-0.1, -0.05) is 30.7 Å². The summed E-state index contributed by atoms with van der Waals surface area (Å²) in [7, 11) is -1.36. The van der Waals surface area contributed by atoms with Crippen LogP contribution in [0, 0.1) is 6.92 Å². The summed E-state index contributed by atoms with van der Waals surface area (Å²) in [5, 5.41) is 0. The molecular formula is C13H20OSi. The molecule has 0 saturated carbocycles. The Hall–Kier alpha value is -0.603. The van der Waals surface area contributed by atoms with E-state index in [-0.39, 0.29) is 0 Å². The van der Waals surface area contributed by atoms with Gasteiger partial charge < -0.3 is 4.43 Å². The lowest BCUT2D eigenvalue weighted by molar-refractivity contribution is 0.163. The normalized spacial score (nSPS) is 25.1. The van der Waals surface area contributed by atoms with E-state index < -0.39 is 8.32 Å². The van der Waals surface area contributed by atoms with Crippen molar-refractivity contribution in [3.8, 4) is 0 Å². The van der Waals surface area contributed by atoms with Gasteiger partial charge in [-0.15, -0.1) is 0 Å². The Bertz CT molecular complexity index is 346. The molecular weight excluding hydrogens is 200 g/mol. The molecule has 1 aromatic rings.